The molecule has 0 unspecified atom stereocenters. The number of nitrogens with two attached hydrogens (primary N) is 1. The number of hydrogen-bond donors (Lipinski definition) is 1. The molecule has 1 nitrogen and oxygen atoms in total. The third-order valence-electron chi connectivity index (χ3n) is 2.00. The topological polar surface area (TPSA) is 26.0 Å². The van der Waals surface area contributed by atoms with Crippen LogP contribution in [0.25, 0.3) is 10.8 Å². The Labute approximate surface area is 72.6 Å². The second-order valence-electron chi connectivity index (χ2n) is 2.79. The SMILES string of the molecule is [B]c1c(N)ccc2ccccc12. The molecule has 0 aliphatic carbocycles. The molecular weight excluding hydrogens is 145 g/mol. The summed E-state index contributed by atoms with van der Waals surface area (Å²) >= 11 is 0. The molecule has 2 aromatic rings. The highest BCUT2D eigenvalue weighted by Crippen LogP contribution is 2.13. The van der Waals surface area contributed by atoms with Crippen molar-refractivity contribution in [3.8, 4) is 0 Å². The van der Waals surface area contributed by atoms with Crippen molar-refractivity contribution in [1.82, 2.24) is 0 Å². The van der Waals surface area contributed by atoms with Crippen LogP contribution < -0.4 is 11.2 Å². The van der Waals surface area contributed by atoms with Crippen molar-refractivity contribution in [3.05, 3.63) is 36.4 Å². The fourth-order valence-electron chi connectivity index (χ4n) is 1.31. The van der Waals surface area contributed by atoms with Crippen molar-refractivity contribution in [3.63, 3.8) is 0 Å². The van der Waals surface area contributed by atoms with Crippen LogP contribution in [0, 0.1) is 0 Å². The number of benzene rings is 2. The molecule has 2 rings (SSSR count). The molecular formula is C10H8BN. The summed E-state index contributed by atoms with van der Waals surface area (Å²) in [5.74, 6) is 0. The van der Waals surface area contributed by atoms with E-state index in [0.29, 0.717) is 11.2 Å². The van der Waals surface area contributed by atoms with Crippen molar-refractivity contribution >= 4 is 29.8 Å². The van der Waals surface area contributed by atoms with Gasteiger partial charge in [0, 0.05) is 5.69 Å². The van der Waals surface area contributed by atoms with E-state index < -0.39 is 0 Å². The van der Waals surface area contributed by atoms with Crippen LogP contribution in [0.4, 0.5) is 5.69 Å². The predicted molar refractivity (Wildman–Crippen MR) is 53.7 cm³/mol. The Hall–Kier alpha value is -1.44. The van der Waals surface area contributed by atoms with Crippen LogP contribution in [0.5, 0.6) is 0 Å². The summed E-state index contributed by atoms with van der Waals surface area (Å²) in [7, 11) is 5.79. The first-order valence-electron chi connectivity index (χ1n) is 3.82. The summed E-state index contributed by atoms with van der Waals surface area (Å²) in [6.45, 7) is 0. The highest BCUT2D eigenvalue weighted by molar-refractivity contribution is 6.42. The highest BCUT2D eigenvalue weighted by Gasteiger charge is 1.97. The first-order valence-corrected chi connectivity index (χ1v) is 3.82. The van der Waals surface area contributed by atoms with E-state index in [1.165, 1.54) is 0 Å². The molecule has 12 heavy (non-hydrogen) atoms. The van der Waals surface area contributed by atoms with Gasteiger partial charge in [0.25, 0.3) is 0 Å². The fraction of sp³-hybridized carbons (Fsp3) is 0. The molecule has 0 bridgehead atoms. The van der Waals surface area contributed by atoms with Gasteiger partial charge in [0.2, 0.25) is 0 Å². The molecule has 2 heteroatoms. The zero-order chi connectivity index (χ0) is 8.55. The van der Waals surface area contributed by atoms with Crippen LogP contribution in [0.2, 0.25) is 0 Å². The predicted octanol–water partition coefficient (Wildman–Crippen LogP) is 1.22. The summed E-state index contributed by atoms with van der Waals surface area (Å²) in [6.07, 6.45) is 0. The third kappa shape index (κ3) is 0.963. The fourth-order valence-corrected chi connectivity index (χ4v) is 1.31. The van der Waals surface area contributed by atoms with Crippen LogP contribution in [-0.4, -0.2) is 7.85 Å². The average molecular weight is 153 g/mol. The van der Waals surface area contributed by atoms with Crippen LogP contribution >= 0.6 is 0 Å². The van der Waals surface area contributed by atoms with Crippen LogP contribution in [0.3, 0.4) is 0 Å². The van der Waals surface area contributed by atoms with Gasteiger partial charge in [-0.05, 0) is 16.8 Å². The van der Waals surface area contributed by atoms with E-state index in [1.807, 2.05) is 36.4 Å². The van der Waals surface area contributed by atoms with E-state index in [9.17, 15) is 0 Å². The highest BCUT2D eigenvalue weighted by atomic mass is 14.5. The molecule has 0 atom stereocenters. The molecule has 2 aromatic carbocycles. The molecule has 0 aromatic heterocycles. The minimum atomic E-state index is 0.647. The van der Waals surface area contributed by atoms with E-state index in [-0.39, 0.29) is 0 Å². The number of anilines is 1. The van der Waals surface area contributed by atoms with E-state index >= 15 is 0 Å². The largest absolute Gasteiger partial charge is 0.399 e. The maximum absolute atomic E-state index is 5.79. The summed E-state index contributed by atoms with van der Waals surface area (Å²) in [6, 6.07) is 11.7. The van der Waals surface area contributed by atoms with Crippen LogP contribution in [0.1, 0.15) is 0 Å². The van der Waals surface area contributed by atoms with E-state index in [1.54, 1.807) is 0 Å². The van der Waals surface area contributed by atoms with Crippen molar-refractivity contribution in [2.45, 2.75) is 0 Å². The number of rotatable bonds is 0. The summed E-state index contributed by atoms with van der Waals surface area (Å²) < 4.78 is 0. The van der Waals surface area contributed by atoms with E-state index in [4.69, 9.17) is 13.6 Å². The second-order valence-corrected chi connectivity index (χ2v) is 2.79. The van der Waals surface area contributed by atoms with Gasteiger partial charge in [-0.1, -0.05) is 35.8 Å². The average Bonchev–Trinajstić information content (AvgIpc) is 2.12. The number of nitrogen functional groups attached to an aromatic ring is 1. The standard InChI is InChI=1S/C10H8BN/c11-10-8-4-2-1-3-7(8)5-6-9(10)12/h1-6H,12H2. The summed E-state index contributed by atoms with van der Waals surface area (Å²) in [5.41, 5.74) is 6.98. The smallest absolute Gasteiger partial charge is 0.117 e. The van der Waals surface area contributed by atoms with Crippen molar-refractivity contribution in [2.24, 2.45) is 0 Å². The molecule has 0 aliphatic heterocycles. The number of hydrogen-bond acceptors (Lipinski definition) is 1. The Kier molecular flexibility index (Phi) is 1.54. The van der Waals surface area contributed by atoms with Crippen molar-refractivity contribution < 1.29 is 0 Å². The molecule has 0 saturated heterocycles. The van der Waals surface area contributed by atoms with Gasteiger partial charge in [0.1, 0.15) is 7.85 Å². The molecule has 2 N–H and O–H groups in total. The maximum Gasteiger partial charge on any atom is 0.117 e. The molecule has 0 saturated carbocycles. The first kappa shape index (κ1) is 7.23. The molecule has 2 radical (unpaired) electrons. The van der Waals surface area contributed by atoms with Gasteiger partial charge in [-0.2, -0.15) is 0 Å². The van der Waals surface area contributed by atoms with Crippen molar-refractivity contribution in [2.75, 3.05) is 5.73 Å². The van der Waals surface area contributed by atoms with Crippen LogP contribution in [-0.2, 0) is 0 Å². The minimum absolute atomic E-state index is 0.647. The summed E-state index contributed by atoms with van der Waals surface area (Å²) in [4.78, 5) is 0. The normalized spacial score (nSPS) is 10.3. The lowest BCUT2D eigenvalue weighted by molar-refractivity contribution is 1.76. The molecule has 0 aliphatic rings. The van der Waals surface area contributed by atoms with Gasteiger partial charge >= 0.3 is 0 Å². The second kappa shape index (κ2) is 2.56. The lowest BCUT2D eigenvalue weighted by atomic mass is 9.88. The quantitative estimate of drug-likeness (QED) is 0.446. The first-order chi connectivity index (χ1) is 5.79. The lowest BCUT2D eigenvalue weighted by Crippen LogP contribution is -2.10. The molecule has 0 fully saturated rings. The van der Waals surface area contributed by atoms with Gasteiger partial charge in [-0.3, -0.25) is 0 Å². The molecule has 0 spiro atoms. The molecule has 56 valence electrons. The third-order valence-corrected chi connectivity index (χ3v) is 2.00. The van der Waals surface area contributed by atoms with Gasteiger partial charge in [-0.25, -0.2) is 0 Å². The van der Waals surface area contributed by atoms with E-state index in [2.05, 4.69) is 0 Å². The van der Waals surface area contributed by atoms with Gasteiger partial charge in [0.15, 0.2) is 0 Å². The Balaban J connectivity index is 2.91. The Morgan fingerprint density at radius 1 is 1.00 bits per heavy atom. The van der Waals surface area contributed by atoms with Gasteiger partial charge in [-0.15, -0.1) is 0 Å². The molecule has 0 heterocycles. The Morgan fingerprint density at radius 2 is 1.75 bits per heavy atom. The van der Waals surface area contributed by atoms with Crippen molar-refractivity contribution in [1.29, 1.82) is 0 Å². The lowest BCUT2D eigenvalue weighted by Gasteiger charge is -2.04. The Morgan fingerprint density at radius 3 is 2.58 bits per heavy atom. The van der Waals surface area contributed by atoms with Gasteiger partial charge in [0.05, 0.1) is 0 Å². The van der Waals surface area contributed by atoms with Gasteiger partial charge < -0.3 is 5.73 Å². The zero-order valence-electron chi connectivity index (χ0n) is 6.62. The van der Waals surface area contributed by atoms with Crippen LogP contribution in [0.15, 0.2) is 36.4 Å². The van der Waals surface area contributed by atoms with E-state index in [0.717, 1.165) is 10.8 Å². The Bertz CT molecular complexity index is 423. The number of fused-ring (bicyclic) bond motifs is 1. The maximum atomic E-state index is 5.79. The molecule has 0 amide bonds. The minimum Gasteiger partial charge on any atom is -0.399 e. The monoisotopic (exact) mass is 153 g/mol. The summed E-state index contributed by atoms with van der Waals surface area (Å²) in [5, 5.41) is 2.15. The zero-order valence-corrected chi connectivity index (χ0v) is 6.62.